The van der Waals surface area contributed by atoms with Gasteiger partial charge in [0.25, 0.3) is 0 Å². The zero-order valence-electron chi connectivity index (χ0n) is 17.9. The van der Waals surface area contributed by atoms with Crippen LogP contribution in [0.4, 0.5) is 0 Å². The molecule has 4 rings (SSSR count). The lowest BCUT2D eigenvalue weighted by Crippen LogP contribution is -2.35. The third-order valence-corrected chi connectivity index (χ3v) is 6.74. The van der Waals surface area contributed by atoms with Crippen LogP contribution in [0.3, 0.4) is 0 Å². The van der Waals surface area contributed by atoms with Crippen LogP contribution in [0, 0.1) is 0 Å². The molecule has 0 spiro atoms. The van der Waals surface area contributed by atoms with Gasteiger partial charge in [-0.2, -0.15) is 0 Å². The molecular formula is C25H31NO4. The van der Waals surface area contributed by atoms with Gasteiger partial charge in [0.1, 0.15) is 5.75 Å². The molecule has 5 nitrogen and oxygen atoms in total. The fourth-order valence-corrected chi connectivity index (χ4v) is 5.20. The van der Waals surface area contributed by atoms with Crippen LogP contribution < -0.4 is 9.47 Å². The zero-order valence-corrected chi connectivity index (χ0v) is 17.9. The molecule has 2 aromatic carbocycles. The molecule has 1 saturated heterocycles. The number of aromatic hydroxyl groups is 1. The van der Waals surface area contributed by atoms with E-state index >= 15 is 0 Å². The third kappa shape index (κ3) is 4.04. The molecule has 2 aliphatic rings. The van der Waals surface area contributed by atoms with Crippen LogP contribution in [0.2, 0.25) is 0 Å². The van der Waals surface area contributed by atoms with E-state index in [1.807, 2.05) is 12.1 Å². The van der Waals surface area contributed by atoms with Gasteiger partial charge in [-0.3, -0.25) is 9.69 Å². The molecule has 1 fully saturated rings. The van der Waals surface area contributed by atoms with Crippen molar-refractivity contribution in [3.05, 3.63) is 53.1 Å². The summed E-state index contributed by atoms with van der Waals surface area (Å²) in [6, 6.07) is 11.9. The summed E-state index contributed by atoms with van der Waals surface area (Å²) in [6.07, 6.45) is 5.69. The number of carbonyl (C=O) groups excluding carboxylic acids is 1. The molecule has 0 bridgehead atoms. The van der Waals surface area contributed by atoms with Gasteiger partial charge in [-0.15, -0.1) is 0 Å². The van der Waals surface area contributed by atoms with Crippen molar-refractivity contribution in [3.63, 3.8) is 0 Å². The first-order valence-corrected chi connectivity index (χ1v) is 10.9. The van der Waals surface area contributed by atoms with Crippen LogP contribution in [-0.2, 0) is 6.42 Å². The number of carbonyl (C=O) groups is 1. The summed E-state index contributed by atoms with van der Waals surface area (Å²) in [5, 5.41) is 10.2. The van der Waals surface area contributed by atoms with E-state index < -0.39 is 0 Å². The molecule has 1 N–H and O–H groups in total. The Morgan fingerprint density at radius 1 is 1.10 bits per heavy atom. The molecule has 0 radical (unpaired) electrons. The number of Topliss-reactive ketones (excluding diaryl/α,β-unsaturated/α-hetero) is 1. The van der Waals surface area contributed by atoms with Gasteiger partial charge in [0.15, 0.2) is 17.3 Å². The maximum atomic E-state index is 12.6. The van der Waals surface area contributed by atoms with Crippen molar-refractivity contribution < 1.29 is 19.4 Å². The number of nitrogens with zero attached hydrogens (tertiary/aromatic N) is 1. The molecule has 0 saturated carbocycles. The molecule has 1 aliphatic heterocycles. The van der Waals surface area contributed by atoms with Crippen molar-refractivity contribution in [1.82, 2.24) is 4.90 Å². The normalized spacial score (nSPS) is 20.5. The molecule has 0 aromatic heterocycles. The summed E-state index contributed by atoms with van der Waals surface area (Å²) in [5.74, 6) is 2.37. The van der Waals surface area contributed by atoms with E-state index in [2.05, 4.69) is 11.0 Å². The molecule has 1 heterocycles. The number of likely N-dealkylation sites (tertiary alicyclic amines) is 1. The number of phenolic OH excluding ortho intramolecular Hbond substituents is 1. The predicted molar refractivity (Wildman–Crippen MR) is 117 cm³/mol. The average molecular weight is 410 g/mol. The number of ketones is 1. The first-order chi connectivity index (χ1) is 14.6. The maximum Gasteiger partial charge on any atom is 0.163 e. The minimum Gasteiger partial charge on any atom is -0.508 e. The number of hydrogen-bond donors (Lipinski definition) is 1. The van der Waals surface area contributed by atoms with Crippen molar-refractivity contribution in [2.75, 3.05) is 27.3 Å². The lowest BCUT2D eigenvalue weighted by molar-refractivity contribution is 0.0977. The Balaban J connectivity index is 1.28. The SMILES string of the molecule is COc1ccc(C(=O)CCCCN2CCC3c4cccc(O)c4CCC32)cc1OC. The Labute approximate surface area is 178 Å². The topological polar surface area (TPSA) is 59.0 Å². The Kier molecular flexibility index (Phi) is 6.28. The van der Waals surface area contributed by atoms with E-state index in [0.29, 0.717) is 41.2 Å². The van der Waals surface area contributed by atoms with Crippen LogP contribution in [-0.4, -0.2) is 49.1 Å². The van der Waals surface area contributed by atoms with E-state index in [1.54, 1.807) is 32.4 Å². The van der Waals surface area contributed by atoms with Crippen LogP contribution in [0.15, 0.2) is 36.4 Å². The zero-order chi connectivity index (χ0) is 21.1. The molecule has 5 heteroatoms. The standard InChI is InChI=1S/C25H31NO4/c1-29-24-12-9-17(16-25(24)30-2)22(27)7-3-4-14-26-15-13-19-18-6-5-8-23(28)20(18)10-11-21(19)26/h5-6,8-9,12,16,19,21,28H,3-4,7,10-11,13-15H2,1-2H3. The summed E-state index contributed by atoms with van der Waals surface area (Å²) in [4.78, 5) is 15.2. The van der Waals surface area contributed by atoms with Gasteiger partial charge in [-0.1, -0.05) is 12.1 Å². The summed E-state index contributed by atoms with van der Waals surface area (Å²) in [7, 11) is 3.18. The Bertz CT molecular complexity index is 910. The van der Waals surface area contributed by atoms with Crippen molar-refractivity contribution >= 4 is 5.78 Å². The first kappa shape index (κ1) is 20.7. The Morgan fingerprint density at radius 3 is 2.73 bits per heavy atom. The number of hydrogen-bond acceptors (Lipinski definition) is 5. The van der Waals surface area contributed by atoms with E-state index in [0.717, 1.165) is 50.8 Å². The highest BCUT2D eigenvalue weighted by Crippen LogP contribution is 2.43. The molecule has 160 valence electrons. The number of fused-ring (bicyclic) bond motifs is 3. The number of ether oxygens (including phenoxy) is 2. The quantitative estimate of drug-likeness (QED) is 0.511. The number of unbranched alkanes of at least 4 members (excludes halogenated alkanes) is 1. The van der Waals surface area contributed by atoms with Gasteiger partial charge < -0.3 is 14.6 Å². The van der Waals surface area contributed by atoms with Gasteiger partial charge in [0, 0.05) is 23.9 Å². The summed E-state index contributed by atoms with van der Waals surface area (Å²) < 4.78 is 10.5. The van der Waals surface area contributed by atoms with Crippen molar-refractivity contribution in [2.45, 2.75) is 50.5 Å². The highest BCUT2D eigenvalue weighted by atomic mass is 16.5. The second kappa shape index (κ2) is 9.09. The molecule has 30 heavy (non-hydrogen) atoms. The Hall–Kier alpha value is -2.53. The largest absolute Gasteiger partial charge is 0.508 e. The van der Waals surface area contributed by atoms with E-state index in [-0.39, 0.29) is 5.78 Å². The summed E-state index contributed by atoms with van der Waals surface area (Å²) in [5.41, 5.74) is 3.18. The predicted octanol–water partition coefficient (Wildman–Crippen LogP) is 4.57. The van der Waals surface area contributed by atoms with Crippen molar-refractivity contribution in [3.8, 4) is 17.2 Å². The van der Waals surface area contributed by atoms with Crippen LogP contribution in [0.25, 0.3) is 0 Å². The maximum absolute atomic E-state index is 12.6. The van der Waals surface area contributed by atoms with E-state index in [1.165, 1.54) is 5.56 Å². The van der Waals surface area contributed by atoms with Gasteiger partial charge in [-0.25, -0.2) is 0 Å². The number of rotatable bonds is 8. The number of benzene rings is 2. The molecule has 2 atom stereocenters. The van der Waals surface area contributed by atoms with E-state index in [9.17, 15) is 9.90 Å². The van der Waals surface area contributed by atoms with Crippen molar-refractivity contribution in [1.29, 1.82) is 0 Å². The monoisotopic (exact) mass is 409 g/mol. The molecule has 2 unspecified atom stereocenters. The average Bonchev–Trinajstić information content (AvgIpc) is 3.19. The second-order valence-electron chi connectivity index (χ2n) is 8.33. The number of phenols is 1. The summed E-state index contributed by atoms with van der Waals surface area (Å²) in [6.45, 7) is 2.14. The molecule has 2 aromatic rings. The smallest absolute Gasteiger partial charge is 0.163 e. The van der Waals surface area contributed by atoms with Crippen LogP contribution in [0.1, 0.15) is 59.5 Å². The highest BCUT2D eigenvalue weighted by molar-refractivity contribution is 5.96. The fourth-order valence-electron chi connectivity index (χ4n) is 5.20. The minimum absolute atomic E-state index is 0.150. The summed E-state index contributed by atoms with van der Waals surface area (Å²) >= 11 is 0. The fraction of sp³-hybridized carbons (Fsp3) is 0.480. The molecule has 1 aliphatic carbocycles. The van der Waals surface area contributed by atoms with Gasteiger partial charge in [0.05, 0.1) is 14.2 Å². The van der Waals surface area contributed by atoms with Gasteiger partial charge in [0.2, 0.25) is 0 Å². The Morgan fingerprint density at radius 2 is 1.93 bits per heavy atom. The van der Waals surface area contributed by atoms with Gasteiger partial charge in [-0.05, 0) is 80.6 Å². The van der Waals surface area contributed by atoms with Crippen LogP contribution >= 0.6 is 0 Å². The highest BCUT2D eigenvalue weighted by Gasteiger charge is 2.38. The van der Waals surface area contributed by atoms with Crippen molar-refractivity contribution in [2.24, 2.45) is 0 Å². The first-order valence-electron chi connectivity index (χ1n) is 10.9. The second-order valence-corrected chi connectivity index (χ2v) is 8.33. The molecular weight excluding hydrogens is 378 g/mol. The van der Waals surface area contributed by atoms with Gasteiger partial charge >= 0.3 is 0 Å². The molecule has 0 amide bonds. The lowest BCUT2D eigenvalue weighted by Gasteiger charge is -2.33. The van der Waals surface area contributed by atoms with Crippen LogP contribution in [0.5, 0.6) is 17.2 Å². The third-order valence-electron chi connectivity index (χ3n) is 6.74. The lowest BCUT2D eigenvalue weighted by atomic mass is 9.79. The van der Waals surface area contributed by atoms with E-state index in [4.69, 9.17) is 9.47 Å². The number of methoxy groups -OCH3 is 2. The minimum atomic E-state index is 0.150.